The molecule has 0 saturated carbocycles. The largest absolute Gasteiger partial charge is 0.372 e. The van der Waals surface area contributed by atoms with Crippen molar-refractivity contribution in [2.24, 2.45) is 0 Å². The lowest BCUT2D eigenvalue weighted by Gasteiger charge is -2.18. The Morgan fingerprint density at radius 3 is 2.67 bits per heavy atom. The zero-order chi connectivity index (χ0) is 10.7. The summed E-state index contributed by atoms with van der Waals surface area (Å²) in [5, 5.41) is 3.52. The molecule has 1 aliphatic rings. The molecule has 0 aliphatic carbocycles. The predicted octanol–water partition coefficient (Wildman–Crippen LogP) is 2.77. The number of likely N-dealkylation sites (tertiary alicyclic amines) is 1. The van der Waals surface area contributed by atoms with Crippen molar-refractivity contribution in [3.63, 3.8) is 0 Å². The maximum absolute atomic E-state index is 3.52. The van der Waals surface area contributed by atoms with E-state index in [2.05, 4.69) is 42.3 Å². The first-order chi connectivity index (χ1) is 7.27. The third kappa shape index (κ3) is 2.51. The molecule has 2 heteroatoms. The predicted molar refractivity (Wildman–Crippen MR) is 65.2 cm³/mol. The molecule has 1 saturated heterocycles. The lowest BCUT2D eigenvalue weighted by molar-refractivity contribution is 0.364. The summed E-state index contributed by atoms with van der Waals surface area (Å²) in [4.78, 5) is 2.47. The van der Waals surface area contributed by atoms with Crippen molar-refractivity contribution in [3.8, 4) is 0 Å². The molecule has 15 heavy (non-hydrogen) atoms. The Kier molecular flexibility index (Phi) is 3.27. The molecule has 1 N–H and O–H groups in total. The fourth-order valence-corrected chi connectivity index (χ4v) is 2.08. The van der Waals surface area contributed by atoms with Gasteiger partial charge in [-0.1, -0.05) is 12.1 Å². The summed E-state index contributed by atoms with van der Waals surface area (Å²) in [6.45, 7) is 7.83. The summed E-state index contributed by atoms with van der Waals surface area (Å²) in [5.41, 5.74) is 4.01. The van der Waals surface area contributed by atoms with E-state index < -0.39 is 0 Å². The van der Waals surface area contributed by atoms with Gasteiger partial charge in [0.05, 0.1) is 6.67 Å². The lowest BCUT2D eigenvalue weighted by atomic mass is 10.1. The molecule has 0 bridgehead atoms. The van der Waals surface area contributed by atoms with E-state index in [1.165, 1.54) is 42.7 Å². The van der Waals surface area contributed by atoms with Gasteiger partial charge in [0.25, 0.3) is 0 Å². The monoisotopic (exact) mass is 204 g/mol. The quantitative estimate of drug-likeness (QED) is 0.814. The van der Waals surface area contributed by atoms with Gasteiger partial charge in [0, 0.05) is 5.69 Å². The van der Waals surface area contributed by atoms with Crippen LogP contribution in [0.5, 0.6) is 0 Å². The minimum absolute atomic E-state index is 0.990. The third-order valence-electron chi connectivity index (χ3n) is 3.30. The maximum Gasteiger partial charge on any atom is 0.0678 e. The summed E-state index contributed by atoms with van der Waals surface area (Å²) in [6.07, 6.45) is 2.71. The summed E-state index contributed by atoms with van der Waals surface area (Å²) >= 11 is 0. The third-order valence-corrected chi connectivity index (χ3v) is 3.30. The highest BCUT2D eigenvalue weighted by Crippen LogP contribution is 2.18. The van der Waals surface area contributed by atoms with Gasteiger partial charge in [-0.2, -0.15) is 0 Å². The van der Waals surface area contributed by atoms with Crippen molar-refractivity contribution in [3.05, 3.63) is 29.3 Å². The van der Waals surface area contributed by atoms with Gasteiger partial charge in [-0.3, -0.25) is 4.90 Å². The van der Waals surface area contributed by atoms with Crippen LogP contribution >= 0.6 is 0 Å². The molecular formula is C13H20N2. The number of benzene rings is 1. The first-order valence-corrected chi connectivity index (χ1v) is 5.80. The van der Waals surface area contributed by atoms with Gasteiger partial charge in [0.15, 0.2) is 0 Å². The molecule has 0 spiro atoms. The Balaban J connectivity index is 1.95. The average Bonchev–Trinajstić information content (AvgIpc) is 2.73. The second-order valence-corrected chi connectivity index (χ2v) is 4.41. The molecule has 1 aromatic carbocycles. The van der Waals surface area contributed by atoms with Crippen molar-refractivity contribution in [1.82, 2.24) is 4.90 Å². The first-order valence-electron chi connectivity index (χ1n) is 5.80. The van der Waals surface area contributed by atoms with E-state index in [9.17, 15) is 0 Å². The number of anilines is 1. The van der Waals surface area contributed by atoms with Crippen LogP contribution in [0.3, 0.4) is 0 Å². The van der Waals surface area contributed by atoms with Crippen molar-refractivity contribution in [1.29, 1.82) is 0 Å². The SMILES string of the molecule is Cc1cccc(NCN2CCCC2)c1C. The molecule has 0 amide bonds. The zero-order valence-corrected chi connectivity index (χ0v) is 9.71. The van der Waals surface area contributed by atoms with Crippen LogP contribution in [-0.4, -0.2) is 24.7 Å². The van der Waals surface area contributed by atoms with Crippen LogP contribution in [0.4, 0.5) is 5.69 Å². The number of aryl methyl sites for hydroxylation is 1. The van der Waals surface area contributed by atoms with E-state index in [0.29, 0.717) is 0 Å². The van der Waals surface area contributed by atoms with Gasteiger partial charge < -0.3 is 5.32 Å². The van der Waals surface area contributed by atoms with Crippen molar-refractivity contribution < 1.29 is 0 Å². The first kappa shape index (κ1) is 10.5. The van der Waals surface area contributed by atoms with Crippen LogP contribution in [0.1, 0.15) is 24.0 Å². The van der Waals surface area contributed by atoms with E-state index in [0.717, 1.165) is 6.67 Å². The van der Waals surface area contributed by atoms with E-state index in [1.807, 2.05) is 0 Å². The van der Waals surface area contributed by atoms with Crippen molar-refractivity contribution >= 4 is 5.69 Å². The van der Waals surface area contributed by atoms with Gasteiger partial charge in [-0.15, -0.1) is 0 Å². The Hall–Kier alpha value is -1.02. The maximum atomic E-state index is 3.52. The zero-order valence-electron chi connectivity index (χ0n) is 9.71. The molecule has 1 heterocycles. The van der Waals surface area contributed by atoms with Gasteiger partial charge in [0.2, 0.25) is 0 Å². The highest BCUT2D eigenvalue weighted by atomic mass is 15.2. The molecule has 0 aromatic heterocycles. The molecule has 0 unspecified atom stereocenters. The van der Waals surface area contributed by atoms with E-state index in [4.69, 9.17) is 0 Å². The second-order valence-electron chi connectivity index (χ2n) is 4.41. The summed E-state index contributed by atoms with van der Waals surface area (Å²) in [6, 6.07) is 6.45. The molecule has 0 atom stereocenters. The molecule has 0 radical (unpaired) electrons. The van der Waals surface area contributed by atoms with Crippen molar-refractivity contribution in [2.45, 2.75) is 26.7 Å². The topological polar surface area (TPSA) is 15.3 Å². The van der Waals surface area contributed by atoms with Crippen LogP contribution in [0.15, 0.2) is 18.2 Å². The second kappa shape index (κ2) is 4.67. The fourth-order valence-electron chi connectivity index (χ4n) is 2.08. The van der Waals surface area contributed by atoms with Crippen LogP contribution in [0, 0.1) is 13.8 Å². The van der Waals surface area contributed by atoms with Crippen LogP contribution in [0.25, 0.3) is 0 Å². The summed E-state index contributed by atoms with van der Waals surface area (Å²) < 4.78 is 0. The molecule has 1 fully saturated rings. The Morgan fingerprint density at radius 1 is 1.20 bits per heavy atom. The number of nitrogens with one attached hydrogen (secondary N) is 1. The Bertz CT molecular complexity index is 327. The van der Waals surface area contributed by atoms with E-state index in [1.54, 1.807) is 0 Å². The van der Waals surface area contributed by atoms with Crippen LogP contribution < -0.4 is 5.32 Å². The van der Waals surface area contributed by atoms with Gasteiger partial charge >= 0.3 is 0 Å². The number of hydrogen-bond donors (Lipinski definition) is 1. The smallest absolute Gasteiger partial charge is 0.0678 e. The molecule has 2 nitrogen and oxygen atoms in total. The molecule has 1 aliphatic heterocycles. The minimum atomic E-state index is 0.990. The van der Waals surface area contributed by atoms with Gasteiger partial charge in [-0.25, -0.2) is 0 Å². The Morgan fingerprint density at radius 2 is 1.93 bits per heavy atom. The number of nitrogens with zero attached hydrogens (tertiary/aromatic N) is 1. The van der Waals surface area contributed by atoms with Crippen LogP contribution in [-0.2, 0) is 0 Å². The molecule has 2 rings (SSSR count). The van der Waals surface area contributed by atoms with E-state index in [-0.39, 0.29) is 0 Å². The fraction of sp³-hybridized carbons (Fsp3) is 0.538. The highest BCUT2D eigenvalue weighted by molar-refractivity contribution is 5.53. The molecule has 1 aromatic rings. The van der Waals surface area contributed by atoms with E-state index >= 15 is 0 Å². The van der Waals surface area contributed by atoms with Crippen LogP contribution in [0.2, 0.25) is 0 Å². The standard InChI is InChI=1S/C13H20N2/c1-11-6-5-7-13(12(11)2)14-10-15-8-3-4-9-15/h5-7,14H,3-4,8-10H2,1-2H3. The Labute approximate surface area is 92.3 Å². The average molecular weight is 204 g/mol. The highest BCUT2D eigenvalue weighted by Gasteiger charge is 2.10. The van der Waals surface area contributed by atoms with Crippen molar-refractivity contribution in [2.75, 3.05) is 25.1 Å². The normalized spacial score (nSPS) is 16.9. The molecule has 82 valence electrons. The molecular weight excluding hydrogens is 184 g/mol. The van der Waals surface area contributed by atoms with Gasteiger partial charge in [0.1, 0.15) is 0 Å². The van der Waals surface area contributed by atoms with Gasteiger partial charge in [-0.05, 0) is 57.0 Å². The lowest BCUT2D eigenvalue weighted by Crippen LogP contribution is -2.26. The summed E-state index contributed by atoms with van der Waals surface area (Å²) in [5.74, 6) is 0. The summed E-state index contributed by atoms with van der Waals surface area (Å²) in [7, 11) is 0. The number of rotatable bonds is 3. The number of hydrogen-bond acceptors (Lipinski definition) is 2. The minimum Gasteiger partial charge on any atom is -0.372 e.